The monoisotopic (exact) mass is 432 g/mol. The number of ether oxygens (including phenoxy) is 1. The summed E-state index contributed by atoms with van der Waals surface area (Å²) in [5.74, 6) is -0.412. The van der Waals surface area contributed by atoms with Crippen LogP contribution >= 0.6 is 0 Å². The van der Waals surface area contributed by atoms with E-state index < -0.39 is 23.0 Å². The number of nitrogens with one attached hydrogen (secondary N) is 1. The molecule has 9 nitrogen and oxygen atoms in total. The van der Waals surface area contributed by atoms with Gasteiger partial charge in [0.2, 0.25) is 5.88 Å². The summed E-state index contributed by atoms with van der Waals surface area (Å²) in [4.78, 5) is 40.0. The number of aromatic nitrogens is 2. The van der Waals surface area contributed by atoms with Gasteiger partial charge in [0.1, 0.15) is 11.3 Å². The molecule has 4 rings (SSSR count). The number of carbonyl (C=O) groups excluding carboxylic acids is 1. The van der Waals surface area contributed by atoms with E-state index in [0.29, 0.717) is 22.8 Å². The second kappa shape index (κ2) is 8.03. The highest BCUT2D eigenvalue weighted by Gasteiger charge is 2.30. The molecule has 0 spiro atoms. The molecule has 0 saturated carbocycles. The number of aromatic amines is 1. The summed E-state index contributed by atoms with van der Waals surface area (Å²) in [6.07, 6.45) is 1.24. The number of anilines is 1. The Labute approximate surface area is 182 Å². The van der Waals surface area contributed by atoms with Crippen LogP contribution in [-0.2, 0) is 4.79 Å². The molecular weight excluding hydrogens is 412 g/mol. The summed E-state index contributed by atoms with van der Waals surface area (Å²) in [7, 11) is 1.54. The zero-order chi connectivity index (χ0) is 23.0. The lowest BCUT2D eigenvalue weighted by Crippen LogP contribution is -2.30. The van der Waals surface area contributed by atoms with Gasteiger partial charge in [-0.2, -0.15) is 10.1 Å². The van der Waals surface area contributed by atoms with Crippen molar-refractivity contribution in [1.29, 1.82) is 0 Å². The van der Waals surface area contributed by atoms with Crippen LogP contribution in [-0.4, -0.2) is 33.4 Å². The molecule has 1 aliphatic heterocycles. The zero-order valence-electron chi connectivity index (χ0n) is 17.6. The number of benzene rings is 2. The first-order valence-electron chi connectivity index (χ1n) is 9.71. The van der Waals surface area contributed by atoms with Gasteiger partial charge in [0.15, 0.2) is 0 Å². The Balaban J connectivity index is 1.78. The summed E-state index contributed by atoms with van der Waals surface area (Å²) < 4.78 is 6.10. The summed E-state index contributed by atoms with van der Waals surface area (Å²) >= 11 is 0. The molecule has 3 aromatic rings. The van der Waals surface area contributed by atoms with Crippen molar-refractivity contribution in [3.63, 3.8) is 0 Å². The highest BCUT2D eigenvalue weighted by molar-refractivity contribution is 6.32. The Morgan fingerprint density at radius 2 is 1.59 bits per heavy atom. The molecule has 9 heteroatoms. The average molecular weight is 432 g/mol. The molecule has 0 saturated heterocycles. The van der Waals surface area contributed by atoms with Crippen LogP contribution in [0.3, 0.4) is 0 Å². The van der Waals surface area contributed by atoms with Crippen LogP contribution < -0.4 is 21.0 Å². The SMILES string of the molecule is COc1ccc(N2N=C(C)/C(=C\c3c(O)n(-c4ccc(C)cc4)c(=O)[nH]c3=O)C2=O)cc1. The fourth-order valence-corrected chi connectivity index (χ4v) is 3.33. The first-order valence-corrected chi connectivity index (χ1v) is 9.71. The lowest BCUT2D eigenvalue weighted by molar-refractivity contribution is -0.114. The standard InChI is InChI=1S/C23H20N4O5/c1-13-4-6-15(7-5-13)26-21(29)19(20(28)24-23(26)31)12-18-14(2)25-27(22(18)30)16-8-10-17(32-3)11-9-16/h4-12,29H,1-3H3,(H,24,28,31)/b18-12+. The number of amides is 1. The van der Waals surface area contributed by atoms with Crippen LogP contribution in [0.2, 0.25) is 0 Å². The van der Waals surface area contributed by atoms with Gasteiger partial charge in [0.05, 0.1) is 29.8 Å². The van der Waals surface area contributed by atoms with Crippen molar-refractivity contribution in [2.45, 2.75) is 13.8 Å². The summed E-state index contributed by atoms with van der Waals surface area (Å²) in [6, 6.07) is 13.6. The fourth-order valence-electron chi connectivity index (χ4n) is 3.33. The number of nitrogens with zero attached hydrogens (tertiary/aromatic N) is 3. The Hall–Kier alpha value is -4.40. The lowest BCUT2D eigenvalue weighted by atomic mass is 10.1. The van der Waals surface area contributed by atoms with E-state index in [1.165, 1.54) is 11.1 Å². The van der Waals surface area contributed by atoms with Crippen molar-refractivity contribution >= 4 is 23.4 Å². The first kappa shape index (κ1) is 20.9. The van der Waals surface area contributed by atoms with Crippen LogP contribution in [0.15, 0.2) is 68.8 Å². The van der Waals surface area contributed by atoms with Gasteiger partial charge in [0, 0.05) is 0 Å². The minimum Gasteiger partial charge on any atom is -0.497 e. The Kier molecular flexibility index (Phi) is 5.23. The van der Waals surface area contributed by atoms with E-state index in [1.54, 1.807) is 62.6 Å². The fraction of sp³-hybridized carbons (Fsp3) is 0.130. The molecule has 32 heavy (non-hydrogen) atoms. The average Bonchev–Trinajstić information content (AvgIpc) is 3.05. The van der Waals surface area contributed by atoms with Crippen molar-refractivity contribution in [1.82, 2.24) is 9.55 Å². The smallest absolute Gasteiger partial charge is 0.335 e. The third kappa shape index (κ3) is 3.60. The largest absolute Gasteiger partial charge is 0.497 e. The third-order valence-corrected chi connectivity index (χ3v) is 5.08. The second-order valence-corrected chi connectivity index (χ2v) is 7.23. The van der Waals surface area contributed by atoms with Gasteiger partial charge in [-0.05, 0) is 56.3 Å². The minimum absolute atomic E-state index is 0.121. The molecule has 0 radical (unpaired) electrons. The molecule has 2 aromatic carbocycles. The maximum atomic E-state index is 13.0. The number of rotatable bonds is 4. The number of hydrogen-bond acceptors (Lipinski definition) is 6. The summed E-state index contributed by atoms with van der Waals surface area (Å²) in [6.45, 7) is 3.51. The van der Waals surface area contributed by atoms with E-state index in [9.17, 15) is 19.5 Å². The molecule has 1 aliphatic rings. The lowest BCUT2D eigenvalue weighted by Gasteiger charge is -2.12. The zero-order valence-corrected chi connectivity index (χ0v) is 17.6. The number of hydrogen-bond donors (Lipinski definition) is 2. The topological polar surface area (TPSA) is 117 Å². The predicted octanol–water partition coefficient (Wildman–Crippen LogP) is 2.35. The van der Waals surface area contributed by atoms with Crippen molar-refractivity contribution in [2.75, 3.05) is 12.1 Å². The van der Waals surface area contributed by atoms with E-state index in [1.807, 2.05) is 6.92 Å². The van der Waals surface area contributed by atoms with Crippen LogP contribution in [0, 0.1) is 6.92 Å². The highest BCUT2D eigenvalue weighted by atomic mass is 16.5. The van der Waals surface area contributed by atoms with Gasteiger partial charge in [-0.15, -0.1) is 0 Å². The van der Waals surface area contributed by atoms with Crippen molar-refractivity contribution in [2.24, 2.45) is 5.10 Å². The molecule has 0 fully saturated rings. The van der Waals surface area contributed by atoms with Crippen LogP contribution in [0.5, 0.6) is 11.6 Å². The molecule has 2 heterocycles. The summed E-state index contributed by atoms with van der Waals surface area (Å²) in [5, 5.41) is 16.2. The number of aromatic hydroxyl groups is 1. The first-order chi connectivity index (χ1) is 15.3. The van der Waals surface area contributed by atoms with Crippen LogP contribution in [0.25, 0.3) is 11.8 Å². The molecule has 0 atom stereocenters. The van der Waals surface area contributed by atoms with E-state index in [4.69, 9.17) is 4.74 Å². The maximum Gasteiger partial charge on any atom is 0.335 e. The number of carbonyl (C=O) groups is 1. The van der Waals surface area contributed by atoms with Crippen molar-refractivity contribution in [3.8, 4) is 17.3 Å². The second-order valence-electron chi connectivity index (χ2n) is 7.23. The normalized spacial score (nSPS) is 14.7. The number of methoxy groups -OCH3 is 1. The Morgan fingerprint density at radius 3 is 2.22 bits per heavy atom. The molecule has 0 aliphatic carbocycles. The quantitative estimate of drug-likeness (QED) is 0.614. The Bertz CT molecular complexity index is 1380. The van der Waals surface area contributed by atoms with E-state index in [0.717, 1.165) is 10.1 Å². The highest BCUT2D eigenvalue weighted by Crippen LogP contribution is 2.27. The Morgan fingerprint density at radius 1 is 0.969 bits per heavy atom. The third-order valence-electron chi connectivity index (χ3n) is 5.08. The van der Waals surface area contributed by atoms with Crippen LogP contribution in [0.4, 0.5) is 5.69 Å². The summed E-state index contributed by atoms with van der Waals surface area (Å²) in [5.41, 5.74) is 0.509. The molecule has 1 amide bonds. The van der Waals surface area contributed by atoms with E-state index in [2.05, 4.69) is 10.1 Å². The molecule has 162 valence electrons. The van der Waals surface area contributed by atoms with Gasteiger partial charge >= 0.3 is 5.69 Å². The van der Waals surface area contributed by atoms with Crippen molar-refractivity contribution in [3.05, 3.63) is 86.1 Å². The van der Waals surface area contributed by atoms with E-state index in [-0.39, 0.29) is 11.1 Å². The molecule has 0 bridgehead atoms. The van der Waals surface area contributed by atoms with E-state index >= 15 is 0 Å². The van der Waals surface area contributed by atoms with Gasteiger partial charge in [-0.3, -0.25) is 14.6 Å². The maximum absolute atomic E-state index is 13.0. The minimum atomic E-state index is -0.813. The van der Waals surface area contributed by atoms with Crippen LogP contribution in [0.1, 0.15) is 18.1 Å². The molecule has 0 unspecified atom stereocenters. The van der Waals surface area contributed by atoms with Crippen molar-refractivity contribution < 1.29 is 14.6 Å². The number of hydrazone groups is 1. The molecule has 1 aromatic heterocycles. The van der Waals surface area contributed by atoms with Gasteiger partial charge < -0.3 is 9.84 Å². The number of H-pyrrole nitrogens is 1. The van der Waals surface area contributed by atoms with Gasteiger partial charge in [-0.25, -0.2) is 9.36 Å². The van der Waals surface area contributed by atoms with Gasteiger partial charge in [-0.1, -0.05) is 17.7 Å². The number of aryl methyl sites for hydroxylation is 1. The van der Waals surface area contributed by atoms with Gasteiger partial charge in [0.25, 0.3) is 11.5 Å². The molecular formula is C23H20N4O5. The predicted molar refractivity (Wildman–Crippen MR) is 121 cm³/mol. The molecule has 2 N–H and O–H groups in total.